The number of hydrogen-bond acceptors (Lipinski definition) is 15. The van der Waals surface area contributed by atoms with Gasteiger partial charge in [0.05, 0.1) is 26.4 Å². The number of ether oxygens (including phenoxy) is 10. The molecule has 0 aliphatic carbocycles. The summed E-state index contributed by atoms with van der Waals surface area (Å²) in [5.74, 6) is -3.00. The zero-order valence-electron chi connectivity index (χ0n) is 29.5. The van der Waals surface area contributed by atoms with Crippen molar-refractivity contribution in [3.63, 3.8) is 0 Å². The standard InChI is InChI=1S/C37H46O15/c1-6-17-43-32-30(45-18-26-13-9-7-10-14-26)28(51-36(42)34(32)46-19-27-15-11-8-12-16-27)21-47-37-35(50-25(5)41)33(49-24(4)40)31(48-23(3)39)29(52-37)20-44-22(2)38/h6-16,28-37,42H,1,17-21H2,2-5H3/t28-,29-,30-,31-,32+,33+,34+,35+,36-,37+/m1/s1. The van der Waals surface area contributed by atoms with Crippen molar-refractivity contribution in [2.75, 3.05) is 19.8 Å². The molecule has 0 saturated carbocycles. The number of carbonyl (C=O) groups excluding carboxylic acids is 4. The van der Waals surface area contributed by atoms with Gasteiger partial charge >= 0.3 is 23.9 Å². The maximum absolute atomic E-state index is 12.3. The van der Waals surface area contributed by atoms with Crippen LogP contribution in [0.25, 0.3) is 0 Å². The molecule has 0 unspecified atom stereocenters. The zero-order chi connectivity index (χ0) is 37.6. The van der Waals surface area contributed by atoms with Crippen LogP contribution in [0.4, 0.5) is 0 Å². The second-order valence-electron chi connectivity index (χ2n) is 12.1. The summed E-state index contributed by atoms with van der Waals surface area (Å²) in [5.41, 5.74) is 1.70. The van der Waals surface area contributed by atoms with Crippen molar-refractivity contribution in [1.29, 1.82) is 0 Å². The van der Waals surface area contributed by atoms with Gasteiger partial charge in [0.1, 0.15) is 37.1 Å². The minimum absolute atomic E-state index is 0.0844. The molecule has 2 aromatic rings. The second kappa shape index (κ2) is 20.1. The van der Waals surface area contributed by atoms with E-state index in [1.807, 2.05) is 60.7 Å². The lowest BCUT2D eigenvalue weighted by molar-refractivity contribution is -0.338. The molecular weight excluding hydrogens is 684 g/mol. The fraction of sp³-hybridized carbons (Fsp3) is 0.514. The quantitative estimate of drug-likeness (QED) is 0.142. The molecule has 0 amide bonds. The summed E-state index contributed by atoms with van der Waals surface area (Å²) in [6.07, 6.45) is -10.8. The molecule has 0 aromatic heterocycles. The summed E-state index contributed by atoms with van der Waals surface area (Å²) < 4.78 is 58.7. The first kappa shape index (κ1) is 40.5. The molecular formula is C37H46O15. The molecule has 15 heteroatoms. The van der Waals surface area contributed by atoms with E-state index >= 15 is 0 Å². The SMILES string of the molecule is C=CCO[C@@H]1[C@H](OCc2ccccc2)[C@H](O)O[C@H](CO[C@H]2O[C@H](COC(C)=O)[C@@H](OC(C)=O)[C@H](OC(C)=O)[C@@H]2OC(C)=O)[C@H]1OCc1ccccc1. The first-order valence-corrected chi connectivity index (χ1v) is 16.8. The summed E-state index contributed by atoms with van der Waals surface area (Å²) in [5, 5.41) is 11.3. The number of hydrogen-bond donors (Lipinski definition) is 1. The van der Waals surface area contributed by atoms with Crippen LogP contribution in [0.3, 0.4) is 0 Å². The van der Waals surface area contributed by atoms with Crippen molar-refractivity contribution < 1.29 is 71.7 Å². The average molecular weight is 731 g/mol. The van der Waals surface area contributed by atoms with E-state index in [2.05, 4.69) is 6.58 Å². The van der Waals surface area contributed by atoms with Crippen LogP contribution in [-0.4, -0.2) is 110 Å². The lowest BCUT2D eigenvalue weighted by atomic mass is 9.97. The van der Waals surface area contributed by atoms with Crippen molar-refractivity contribution in [3.05, 3.63) is 84.4 Å². The van der Waals surface area contributed by atoms with Gasteiger partial charge in [-0.2, -0.15) is 0 Å². The molecule has 2 aromatic carbocycles. The van der Waals surface area contributed by atoms with Gasteiger partial charge in [-0.3, -0.25) is 19.2 Å². The van der Waals surface area contributed by atoms with Gasteiger partial charge in [-0.25, -0.2) is 0 Å². The Balaban J connectivity index is 1.64. The zero-order valence-corrected chi connectivity index (χ0v) is 29.5. The summed E-state index contributed by atoms with van der Waals surface area (Å²) in [6, 6.07) is 18.7. The van der Waals surface area contributed by atoms with E-state index in [-0.39, 0.29) is 26.4 Å². The summed E-state index contributed by atoms with van der Waals surface area (Å²) in [6.45, 7) is 7.85. The molecule has 2 saturated heterocycles. The van der Waals surface area contributed by atoms with Crippen molar-refractivity contribution in [2.45, 2.75) is 102 Å². The van der Waals surface area contributed by atoms with Crippen LogP contribution in [0, 0.1) is 0 Å². The van der Waals surface area contributed by atoms with E-state index in [9.17, 15) is 24.3 Å². The number of esters is 4. The van der Waals surface area contributed by atoms with Crippen LogP contribution < -0.4 is 0 Å². The highest BCUT2D eigenvalue weighted by Crippen LogP contribution is 2.33. The van der Waals surface area contributed by atoms with E-state index in [0.717, 1.165) is 31.9 Å². The minimum Gasteiger partial charge on any atom is -0.463 e. The number of carbonyl (C=O) groups is 4. The summed E-state index contributed by atoms with van der Waals surface area (Å²) >= 11 is 0. The van der Waals surface area contributed by atoms with Gasteiger partial charge < -0.3 is 52.5 Å². The first-order valence-electron chi connectivity index (χ1n) is 16.8. The average Bonchev–Trinajstić information content (AvgIpc) is 3.10. The van der Waals surface area contributed by atoms with Gasteiger partial charge in [-0.1, -0.05) is 66.7 Å². The highest BCUT2D eigenvalue weighted by Gasteiger charge is 2.54. The van der Waals surface area contributed by atoms with Gasteiger partial charge in [0, 0.05) is 27.7 Å². The van der Waals surface area contributed by atoms with Crippen LogP contribution in [0.15, 0.2) is 73.3 Å². The van der Waals surface area contributed by atoms with Gasteiger partial charge in [-0.05, 0) is 11.1 Å². The van der Waals surface area contributed by atoms with E-state index in [0.29, 0.717) is 0 Å². The van der Waals surface area contributed by atoms with Crippen LogP contribution in [-0.2, 0) is 79.8 Å². The maximum atomic E-state index is 12.3. The summed E-state index contributed by atoms with van der Waals surface area (Å²) in [4.78, 5) is 48.4. The van der Waals surface area contributed by atoms with Crippen molar-refractivity contribution in [3.8, 4) is 0 Å². The number of benzene rings is 2. The van der Waals surface area contributed by atoms with Crippen molar-refractivity contribution >= 4 is 23.9 Å². The molecule has 52 heavy (non-hydrogen) atoms. The Morgan fingerprint density at radius 1 is 0.615 bits per heavy atom. The Bertz CT molecular complexity index is 1450. The molecule has 0 spiro atoms. The maximum Gasteiger partial charge on any atom is 0.303 e. The highest BCUT2D eigenvalue weighted by atomic mass is 16.7. The molecule has 2 aliphatic heterocycles. The monoisotopic (exact) mass is 730 g/mol. The topological polar surface area (TPSA) is 181 Å². The molecule has 10 atom stereocenters. The Kier molecular flexibility index (Phi) is 15.7. The minimum atomic E-state index is -1.51. The van der Waals surface area contributed by atoms with Gasteiger partial charge in [0.25, 0.3) is 0 Å². The van der Waals surface area contributed by atoms with E-state index in [4.69, 9.17) is 47.4 Å². The van der Waals surface area contributed by atoms with Crippen LogP contribution in [0.5, 0.6) is 0 Å². The van der Waals surface area contributed by atoms with E-state index < -0.39 is 91.9 Å². The molecule has 0 bridgehead atoms. The predicted molar refractivity (Wildman–Crippen MR) is 179 cm³/mol. The molecule has 1 N–H and O–H groups in total. The smallest absolute Gasteiger partial charge is 0.303 e. The highest BCUT2D eigenvalue weighted by molar-refractivity contribution is 5.68. The molecule has 284 valence electrons. The molecule has 2 aliphatic rings. The lowest BCUT2D eigenvalue weighted by Crippen LogP contribution is -2.64. The Hall–Kier alpha value is -4.22. The van der Waals surface area contributed by atoms with Crippen LogP contribution in [0.1, 0.15) is 38.8 Å². The van der Waals surface area contributed by atoms with E-state index in [1.54, 1.807) is 6.08 Å². The number of aliphatic hydroxyl groups excluding tert-OH is 1. The molecule has 15 nitrogen and oxygen atoms in total. The third-order valence-electron chi connectivity index (χ3n) is 7.96. The Labute approximate surface area is 301 Å². The fourth-order valence-corrected chi connectivity index (χ4v) is 5.82. The van der Waals surface area contributed by atoms with Crippen molar-refractivity contribution in [1.82, 2.24) is 0 Å². The molecule has 2 fully saturated rings. The van der Waals surface area contributed by atoms with Crippen LogP contribution in [0.2, 0.25) is 0 Å². The van der Waals surface area contributed by atoms with Gasteiger partial charge in [0.15, 0.2) is 30.9 Å². The molecule has 2 heterocycles. The molecule has 0 radical (unpaired) electrons. The third-order valence-corrected chi connectivity index (χ3v) is 7.96. The van der Waals surface area contributed by atoms with Crippen LogP contribution >= 0.6 is 0 Å². The second-order valence-corrected chi connectivity index (χ2v) is 12.1. The molecule has 4 rings (SSSR count). The normalized spacial score (nSPS) is 28.6. The Morgan fingerprint density at radius 3 is 1.67 bits per heavy atom. The first-order chi connectivity index (χ1) is 25.0. The summed E-state index contributed by atoms with van der Waals surface area (Å²) in [7, 11) is 0. The third kappa shape index (κ3) is 11.9. The predicted octanol–water partition coefficient (Wildman–Crippen LogP) is 2.55. The van der Waals surface area contributed by atoms with E-state index in [1.165, 1.54) is 6.92 Å². The van der Waals surface area contributed by atoms with Crippen molar-refractivity contribution in [2.24, 2.45) is 0 Å². The largest absolute Gasteiger partial charge is 0.463 e. The Morgan fingerprint density at radius 2 is 1.13 bits per heavy atom. The lowest BCUT2D eigenvalue weighted by Gasteiger charge is -2.46. The fourth-order valence-electron chi connectivity index (χ4n) is 5.82. The van der Waals surface area contributed by atoms with Gasteiger partial charge in [0.2, 0.25) is 0 Å². The number of aliphatic hydroxyl groups is 1. The number of rotatable bonds is 17. The van der Waals surface area contributed by atoms with Gasteiger partial charge in [-0.15, -0.1) is 6.58 Å².